The van der Waals surface area contributed by atoms with Crippen molar-refractivity contribution in [2.75, 3.05) is 33.2 Å². The van der Waals surface area contributed by atoms with Crippen LogP contribution in [-0.4, -0.2) is 73.0 Å². The second-order valence-electron chi connectivity index (χ2n) is 11.8. The maximum Gasteiger partial charge on any atom is 0.242 e. The third-order valence-corrected chi connectivity index (χ3v) is 7.72. The fourth-order valence-electron chi connectivity index (χ4n) is 5.08. The standard InChI is InChI=1S/C33H50N4O3/c1-25(2)22-31(36(5)26(3)4)33(39)35-30(32(38)34-18-21-37-19-10-7-11-20-37)23-27-14-16-29(17-15-27)40-24-28-12-8-6-9-13-28/h6,8-9,12-17,25-26,30-31H,7,10-11,18-24H2,1-5H3,(H,34,38)(H,35,39)/t30-,31+/m0/s1. The van der Waals surface area contributed by atoms with Gasteiger partial charge in [-0.25, -0.2) is 0 Å². The Hall–Kier alpha value is -2.90. The first-order valence-electron chi connectivity index (χ1n) is 15.0. The highest BCUT2D eigenvalue weighted by Gasteiger charge is 2.30. The van der Waals surface area contributed by atoms with Crippen LogP contribution in [0.1, 0.15) is 64.5 Å². The van der Waals surface area contributed by atoms with Gasteiger partial charge >= 0.3 is 0 Å². The number of nitrogens with zero attached hydrogens (tertiary/aromatic N) is 2. The minimum atomic E-state index is -0.653. The van der Waals surface area contributed by atoms with E-state index in [1.165, 1.54) is 19.3 Å². The number of ether oxygens (including phenoxy) is 1. The van der Waals surface area contributed by atoms with E-state index < -0.39 is 6.04 Å². The van der Waals surface area contributed by atoms with Gasteiger partial charge in [0.05, 0.1) is 6.04 Å². The van der Waals surface area contributed by atoms with E-state index in [0.717, 1.165) is 42.9 Å². The molecule has 0 aromatic heterocycles. The Morgan fingerprint density at radius 1 is 0.900 bits per heavy atom. The molecule has 1 aliphatic heterocycles. The van der Waals surface area contributed by atoms with Crippen molar-refractivity contribution in [2.24, 2.45) is 5.92 Å². The number of carbonyl (C=O) groups is 2. The molecule has 7 nitrogen and oxygen atoms in total. The lowest BCUT2D eigenvalue weighted by atomic mass is 9.99. The molecule has 1 fully saturated rings. The molecular formula is C33H50N4O3. The Morgan fingerprint density at radius 2 is 1.57 bits per heavy atom. The Labute approximate surface area is 241 Å². The first-order valence-corrected chi connectivity index (χ1v) is 15.0. The van der Waals surface area contributed by atoms with E-state index in [0.29, 0.717) is 25.5 Å². The van der Waals surface area contributed by atoms with Crippen molar-refractivity contribution >= 4 is 11.8 Å². The van der Waals surface area contributed by atoms with Gasteiger partial charge in [-0.05, 0) is 82.4 Å². The molecule has 2 N–H and O–H groups in total. The lowest BCUT2D eigenvalue weighted by Gasteiger charge is -2.33. The summed E-state index contributed by atoms with van der Waals surface area (Å²) >= 11 is 0. The number of likely N-dealkylation sites (tertiary alicyclic amines) is 1. The Kier molecular flexibility index (Phi) is 13.0. The molecule has 2 aromatic carbocycles. The van der Waals surface area contributed by atoms with Crippen LogP contribution in [0.4, 0.5) is 0 Å². The highest BCUT2D eigenvalue weighted by atomic mass is 16.5. The zero-order valence-electron chi connectivity index (χ0n) is 25.2. The fraction of sp³-hybridized carbons (Fsp3) is 0.576. The van der Waals surface area contributed by atoms with Gasteiger partial charge in [0.15, 0.2) is 0 Å². The molecule has 0 spiro atoms. The van der Waals surface area contributed by atoms with Crippen molar-refractivity contribution in [2.45, 2.75) is 84.5 Å². The lowest BCUT2D eigenvalue weighted by Crippen LogP contribution is -2.55. The third kappa shape index (κ3) is 10.6. The van der Waals surface area contributed by atoms with Gasteiger partial charge in [0.2, 0.25) is 11.8 Å². The number of amides is 2. The zero-order chi connectivity index (χ0) is 28.9. The van der Waals surface area contributed by atoms with Crippen molar-refractivity contribution < 1.29 is 14.3 Å². The highest BCUT2D eigenvalue weighted by molar-refractivity contribution is 5.90. The van der Waals surface area contributed by atoms with Crippen molar-refractivity contribution in [1.29, 1.82) is 0 Å². The molecule has 3 rings (SSSR count). The van der Waals surface area contributed by atoms with E-state index >= 15 is 0 Å². The zero-order valence-corrected chi connectivity index (χ0v) is 25.2. The van der Waals surface area contributed by atoms with Crippen LogP contribution in [0.5, 0.6) is 5.75 Å². The summed E-state index contributed by atoms with van der Waals surface area (Å²) in [6.07, 6.45) is 4.88. The number of hydrogen-bond acceptors (Lipinski definition) is 5. The van der Waals surface area contributed by atoms with Crippen LogP contribution < -0.4 is 15.4 Å². The molecule has 0 bridgehead atoms. The molecule has 1 heterocycles. The summed E-state index contributed by atoms with van der Waals surface area (Å²) < 4.78 is 5.93. The van der Waals surface area contributed by atoms with Crippen molar-refractivity contribution in [3.05, 3.63) is 65.7 Å². The van der Waals surface area contributed by atoms with Crippen LogP contribution >= 0.6 is 0 Å². The molecular weight excluding hydrogens is 500 g/mol. The number of nitrogens with one attached hydrogen (secondary N) is 2. The largest absolute Gasteiger partial charge is 0.489 e. The van der Waals surface area contributed by atoms with Gasteiger partial charge in [-0.15, -0.1) is 0 Å². The molecule has 220 valence electrons. The van der Waals surface area contributed by atoms with Gasteiger partial charge in [-0.3, -0.25) is 14.5 Å². The summed E-state index contributed by atoms with van der Waals surface area (Å²) in [5, 5.41) is 6.22. The van der Waals surface area contributed by atoms with Gasteiger partial charge < -0.3 is 20.3 Å². The third-order valence-electron chi connectivity index (χ3n) is 7.72. The van der Waals surface area contributed by atoms with Gasteiger partial charge in [0.25, 0.3) is 0 Å². The molecule has 7 heteroatoms. The Bertz CT molecular complexity index is 1020. The predicted octanol–water partition coefficient (Wildman–Crippen LogP) is 4.65. The van der Waals surface area contributed by atoms with E-state index in [-0.39, 0.29) is 23.9 Å². The SMILES string of the molecule is CC(C)C[C@H](C(=O)N[C@@H](Cc1ccc(OCc2ccccc2)cc1)C(=O)NCCN1CCCCC1)N(C)C(C)C. The molecule has 2 atom stereocenters. The summed E-state index contributed by atoms with van der Waals surface area (Å²) in [6.45, 7) is 12.5. The number of likely N-dealkylation sites (N-methyl/N-ethyl adjacent to an activating group) is 1. The average Bonchev–Trinajstić information content (AvgIpc) is 2.95. The first-order chi connectivity index (χ1) is 19.2. The predicted molar refractivity (Wildman–Crippen MR) is 162 cm³/mol. The summed E-state index contributed by atoms with van der Waals surface area (Å²) in [4.78, 5) is 31.5. The maximum absolute atomic E-state index is 13.6. The van der Waals surface area contributed by atoms with Gasteiger partial charge in [0, 0.05) is 25.6 Å². The van der Waals surface area contributed by atoms with E-state index in [1.54, 1.807) is 0 Å². The number of piperidine rings is 1. The molecule has 0 unspecified atom stereocenters. The topological polar surface area (TPSA) is 73.9 Å². The van der Waals surface area contributed by atoms with E-state index in [4.69, 9.17) is 4.74 Å². The molecule has 2 amide bonds. The van der Waals surface area contributed by atoms with Gasteiger partial charge in [-0.2, -0.15) is 0 Å². The monoisotopic (exact) mass is 550 g/mol. The fourth-order valence-corrected chi connectivity index (χ4v) is 5.08. The number of benzene rings is 2. The van der Waals surface area contributed by atoms with Crippen LogP contribution in [0.25, 0.3) is 0 Å². The van der Waals surface area contributed by atoms with E-state index in [1.807, 2.05) is 61.6 Å². The van der Waals surface area contributed by atoms with Crippen LogP contribution in [0.3, 0.4) is 0 Å². The second-order valence-corrected chi connectivity index (χ2v) is 11.8. The smallest absolute Gasteiger partial charge is 0.242 e. The minimum absolute atomic E-state index is 0.0936. The average molecular weight is 551 g/mol. The number of rotatable bonds is 15. The quantitative estimate of drug-likeness (QED) is 0.338. The minimum Gasteiger partial charge on any atom is -0.489 e. The molecule has 40 heavy (non-hydrogen) atoms. The lowest BCUT2D eigenvalue weighted by molar-refractivity contribution is -0.132. The Morgan fingerprint density at radius 3 is 2.20 bits per heavy atom. The summed E-state index contributed by atoms with van der Waals surface area (Å²) in [6, 6.07) is 17.1. The van der Waals surface area contributed by atoms with Crippen molar-refractivity contribution in [3.63, 3.8) is 0 Å². The number of hydrogen-bond donors (Lipinski definition) is 2. The maximum atomic E-state index is 13.6. The summed E-state index contributed by atoms with van der Waals surface area (Å²) in [5.41, 5.74) is 2.08. The van der Waals surface area contributed by atoms with Crippen LogP contribution in [0.15, 0.2) is 54.6 Å². The van der Waals surface area contributed by atoms with Crippen molar-refractivity contribution in [1.82, 2.24) is 20.4 Å². The van der Waals surface area contributed by atoms with Crippen LogP contribution in [0, 0.1) is 5.92 Å². The van der Waals surface area contributed by atoms with Crippen LogP contribution in [0.2, 0.25) is 0 Å². The molecule has 0 radical (unpaired) electrons. The van der Waals surface area contributed by atoms with E-state index in [9.17, 15) is 9.59 Å². The van der Waals surface area contributed by atoms with E-state index in [2.05, 4.69) is 48.1 Å². The second kappa shape index (κ2) is 16.4. The summed E-state index contributed by atoms with van der Waals surface area (Å²) in [7, 11) is 1.99. The first kappa shape index (κ1) is 31.6. The van der Waals surface area contributed by atoms with Crippen LogP contribution in [-0.2, 0) is 22.6 Å². The molecule has 1 aliphatic rings. The molecule has 0 saturated carbocycles. The normalized spacial score (nSPS) is 15.7. The highest BCUT2D eigenvalue weighted by Crippen LogP contribution is 2.17. The van der Waals surface area contributed by atoms with Gasteiger partial charge in [0.1, 0.15) is 18.4 Å². The number of carbonyl (C=O) groups excluding carboxylic acids is 2. The van der Waals surface area contributed by atoms with Crippen molar-refractivity contribution in [3.8, 4) is 5.75 Å². The molecule has 0 aliphatic carbocycles. The Balaban J connectivity index is 1.66. The summed E-state index contributed by atoms with van der Waals surface area (Å²) in [5.74, 6) is 0.904. The molecule has 2 aromatic rings. The molecule has 1 saturated heterocycles. The van der Waals surface area contributed by atoms with Gasteiger partial charge in [-0.1, -0.05) is 62.7 Å².